The fraction of sp³-hybridized carbons (Fsp3) is 0.333. The van der Waals surface area contributed by atoms with Crippen molar-refractivity contribution in [2.75, 3.05) is 25.0 Å². The van der Waals surface area contributed by atoms with Crippen molar-refractivity contribution in [2.24, 2.45) is 0 Å². The van der Waals surface area contributed by atoms with Crippen LogP contribution >= 0.6 is 11.6 Å². The number of nitrogens with zero attached hydrogens (tertiary/aromatic N) is 2. The zero-order valence-corrected chi connectivity index (χ0v) is 10.8. The number of hydrogen-bond donors (Lipinski definition) is 1. The monoisotopic (exact) mass is 253 g/mol. The van der Waals surface area contributed by atoms with Crippen LogP contribution < -0.4 is 10.2 Å². The van der Waals surface area contributed by atoms with E-state index >= 15 is 0 Å². The molecule has 0 atom stereocenters. The molecule has 17 heavy (non-hydrogen) atoms. The van der Waals surface area contributed by atoms with Crippen molar-refractivity contribution in [3.63, 3.8) is 0 Å². The van der Waals surface area contributed by atoms with E-state index in [2.05, 4.69) is 16.9 Å². The predicted octanol–water partition coefficient (Wildman–Crippen LogP) is 1.86. The molecule has 92 valence electrons. The van der Waals surface area contributed by atoms with E-state index in [4.69, 9.17) is 11.6 Å². The first-order valence-corrected chi connectivity index (χ1v) is 5.60. The summed E-state index contributed by atoms with van der Waals surface area (Å²) in [5, 5.41) is 3.34. The van der Waals surface area contributed by atoms with Crippen LogP contribution in [0, 0.1) is 0 Å². The van der Waals surface area contributed by atoms with E-state index in [9.17, 15) is 4.79 Å². The molecule has 0 fully saturated rings. The fourth-order valence-corrected chi connectivity index (χ4v) is 1.31. The summed E-state index contributed by atoms with van der Waals surface area (Å²) in [7, 11) is 1.80. The van der Waals surface area contributed by atoms with Crippen molar-refractivity contribution in [2.45, 2.75) is 6.92 Å². The molecular weight excluding hydrogens is 238 g/mol. The Kier molecular flexibility index (Phi) is 4.97. The number of aromatic nitrogens is 1. The van der Waals surface area contributed by atoms with Gasteiger partial charge in [-0.1, -0.05) is 23.8 Å². The van der Waals surface area contributed by atoms with Crippen LogP contribution in [-0.2, 0) is 4.79 Å². The lowest BCUT2D eigenvalue weighted by Gasteiger charge is -2.17. The molecule has 0 saturated carbocycles. The summed E-state index contributed by atoms with van der Waals surface area (Å²) in [5.41, 5.74) is 0.922. The van der Waals surface area contributed by atoms with Crippen molar-refractivity contribution in [3.8, 4) is 0 Å². The molecule has 1 aromatic rings. The maximum Gasteiger partial charge on any atom is 0.239 e. The number of nitrogens with one attached hydrogen (secondary N) is 1. The molecule has 1 aromatic heterocycles. The minimum absolute atomic E-state index is 0.0627. The van der Waals surface area contributed by atoms with Gasteiger partial charge in [-0.15, -0.1) is 0 Å². The zero-order chi connectivity index (χ0) is 12.8. The summed E-state index contributed by atoms with van der Waals surface area (Å²) in [6.45, 7) is 6.34. The Balaban J connectivity index is 2.48. The lowest BCUT2D eigenvalue weighted by Crippen LogP contribution is -2.36. The second kappa shape index (κ2) is 6.25. The molecule has 5 heteroatoms. The zero-order valence-electron chi connectivity index (χ0n) is 10.0. The predicted molar refractivity (Wildman–Crippen MR) is 70.3 cm³/mol. The lowest BCUT2D eigenvalue weighted by atomic mass is 10.3. The highest BCUT2D eigenvalue weighted by atomic mass is 35.5. The molecule has 0 aliphatic carbocycles. The van der Waals surface area contributed by atoms with Crippen LogP contribution in [0.5, 0.6) is 0 Å². The normalized spacial score (nSPS) is 9.82. The highest BCUT2D eigenvalue weighted by Crippen LogP contribution is 2.12. The van der Waals surface area contributed by atoms with E-state index in [0.29, 0.717) is 17.4 Å². The van der Waals surface area contributed by atoms with Crippen LogP contribution in [0.3, 0.4) is 0 Å². The van der Waals surface area contributed by atoms with Crippen molar-refractivity contribution in [1.82, 2.24) is 10.3 Å². The van der Waals surface area contributed by atoms with E-state index < -0.39 is 0 Å². The summed E-state index contributed by atoms with van der Waals surface area (Å²) in [4.78, 5) is 17.4. The number of carbonyl (C=O) groups is 1. The second-order valence-electron chi connectivity index (χ2n) is 3.92. The quantitative estimate of drug-likeness (QED) is 0.815. The SMILES string of the molecule is C=C(C)CNC(=O)CN(C)c1ccc(Cl)cn1. The summed E-state index contributed by atoms with van der Waals surface area (Å²) < 4.78 is 0. The number of halogens is 1. The Morgan fingerprint density at radius 2 is 2.29 bits per heavy atom. The number of likely N-dealkylation sites (N-methyl/N-ethyl adjacent to an activating group) is 1. The average Bonchev–Trinajstić information content (AvgIpc) is 2.27. The molecule has 0 aromatic carbocycles. The van der Waals surface area contributed by atoms with E-state index in [1.54, 1.807) is 30.3 Å². The number of anilines is 1. The molecule has 0 aliphatic rings. The van der Waals surface area contributed by atoms with Gasteiger partial charge in [0, 0.05) is 19.8 Å². The fourth-order valence-electron chi connectivity index (χ4n) is 1.20. The standard InChI is InChI=1S/C12H16ClN3O/c1-9(2)6-15-12(17)8-16(3)11-5-4-10(13)7-14-11/h4-5,7H,1,6,8H2,2-3H3,(H,15,17). The minimum Gasteiger partial charge on any atom is -0.351 e. The van der Waals surface area contributed by atoms with Crippen LogP contribution in [-0.4, -0.2) is 31.0 Å². The van der Waals surface area contributed by atoms with Crippen LogP contribution in [0.4, 0.5) is 5.82 Å². The first kappa shape index (κ1) is 13.5. The molecule has 0 unspecified atom stereocenters. The first-order valence-electron chi connectivity index (χ1n) is 5.23. The van der Waals surface area contributed by atoms with Gasteiger partial charge >= 0.3 is 0 Å². The van der Waals surface area contributed by atoms with Gasteiger partial charge in [0.2, 0.25) is 5.91 Å². The van der Waals surface area contributed by atoms with Gasteiger partial charge in [-0.05, 0) is 19.1 Å². The van der Waals surface area contributed by atoms with Crippen LogP contribution in [0.2, 0.25) is 5.02 Å². The van der Waals surface area contributed by atoms with Gasteiger partial charge < -0.3 is 10.2 Å². The van der Waals surface area contributed by atoms with Gasteiger partial charge in [-0.3, -0.25) is 4.79 Å². The van der Waals surface area contributed by atoms with Gasteiger partial charge in [0.15, 0.2) is 0 Å². The van der Waals surface area contributed by atoms with E-state index in [-0.39, 0.29) is 12.5 Å². The summed E-state index contributed by atoms with van der Waals surface area (Å²) in [5.74, 6) is 0.645. The van der Waals surface area contributed by atoms with Crippen molar-refractivity contribution < 1.29 is 4.79 Å². The van der Waals surface area contributed by atoms with Gasteiger partial charge in [0.25, 0.3) is 0 Å². The smallest absolute Gasteiger partial charge is 0.239 e. The molecule has 1 rings (SSSR count). The van der Waals surface area contributed by atoms with Gasteiger partial charge in [0.1, 0.15) is 5.82 Å². The Morgan fingerprint density at radius 1 is 1.59 bits per heavy atom. The third kappa shape index (κ3) is 4.87. The summed E-state index contributed by atoms with van der Waals surface area (Å²) >= 11 is 5.74. The molecule has 1 N–H and O–H groups in total. The van der Waals surface area contributed by atoms with Crippen LogP contribution in [0.25, 0.3) is 0 Å². The molecule has 4 nitrogen and oxygen atoms in total. The van der Waals surface area contributed by atoms with Crippen LogP contribution in [0.1, 0.15) is 6.92 Å². The molecule has 1 heterocycles. The van der Waals surface area contributed by atoms with E-state index in [1.165, 1.54) is 0 Å². The number of pyridine rings is 1. The Hall–Kier alpha value is -1.55. The molecule has 0 radical (unpaired) electrons. The molecule has 1 amide bonds. The van der Waals surface area contributed by atoms with Gasteiger partial charge in [-0.25, -0.2) is 4.98 Å². The Morgan fingerprint density at radius 3 is 2.82 bits per heavy atom. The molecule has 0 aliphatic heterocycles. The third-order valence-corrected chi connectivity index (χ3v) is 2.29. The number of rotatable bonds is 5. The number of carbonyl (C=O) groups excluding carboxylic acids is 1. The summed E-state index contributed by atoms with van der Waals surface area (Å²) in [6, 6.07) is 3.51. The second-order valence-corrected chi connectivity index (χ2v) is 4.36. The molecule has 0 bridgehead atoms. The summed E-state index contributed by atoms with van der Waals surface area (Å²) in [6.07, 6.45) is 1.55. The average molecular weight is 254 g/mol. The maximum absolute atomic E-state index is 11.6. The highest BCUT2D eigenvalue weighted by molar-refractivity contribution is 6.30. The highest BCUT2D eigenvalue weighted by Gasteiger charge is 2.07. The van der Waals surface area contributed by atoms with Crippen LogP contribution in [0.15, 0.2) is 30.5 Å². The number of hydrogen-bond acceptors (Lipinski definition) is 3. The van der Waals surface area contributed by atoms with E-state index in [1.807, 2.05) is 6.92 Å². The molecule has 0 saturated heterocycles. The Bertz CT molecular complexity index is 403. The lowest BCUT2D eigenvalue weighted by molar-refractivity contribution is -0.119. The largest absolute Gasteiger partial charge is 0.351 e. The Labute approximate surface area is 106 Å². The topological polar surface area (TPSA) is 45.2 Å². The number of amides is 1. The molecule has 0 spiro atoms. The van der Waals surface area contributed by atoms with Crippen molar-refractivity contribution in [1.29, 1.82) is 0 Å². The van der Waals surface area contributed by atoms with E-state index in [0.717, 1.165) is 5.57 Å². The van der Waals surface area contributed by atoms with Crippen molar-refractivity contribution in [3.05, 3.63) is 35.5 Å². The first-order chi connectivity index (χ1) is 7.99. The maximum atomic E-state index is 11.6. The van der Waals surface area contributed by atoms with Crippen molar-refractivity contribution >= 4 is 23.3 Å². The van der Waals surface area contributed by atoms with Gasteiger partial charge in [0.05, 0.1) is 11.6 Å². The molecular formula is C12H16ClN3O. The minimum atomic E-state index is -0.0627. The van der Waals surface area contributed by atoms with Gasteiger partial charge in [-0.2, -0.15) is 0 Å². The third-order valence-electron chi connectivity index (χ3n) is 2.07.